The summed E-state index contributed by atoms with van der Waals surface area (Å²) in [6.45, 7) is 4.78. The minimum Gasteiger partial charge on any atom is -0.330 e. The maximum absolute atomic E-state index is 5.54. The second-order valence-corrected chi connectivity index (χ2v) is 3.85. The van der Waals surface area contributed by atoms with Crippen molar-refractivity contribution in [1.29, 1.82) is 0 Å². The number of aryl methyl sites for hydroxylation is 1. The highest BCUT2D eigenvalue weighted by Crippen LogP contribution is 2.18. The SMILES string of the molecule is Cc1cc(C(C)CN)ncc1Br. The van der Waals surface area contributed by atoms with Crippen LogP contribution in [0, 0.1) is 6.92 Å². The van der Waals surface area contributed by atoms with E-state index in [4.69, 9.17) is 5.73 Å². The van der Waals surface area contributed by atoms with Crippen LogP contribution in [0.2, 0.25) is 0 Å². The molecule has 0 saturated carbocycles. The van der Waals surface area contributed by atoms with Crippen LogP contribution in [0.5, 0.6) is 0 Å². The molecule has 2 N–H and O–H groups in total. The van der Waals surface area contributed by atoms with E-state index in [9.17, 15) is 0 Å². The Labute approximate surface area is 81.3 Å². The van der Waals surface area contributed by atoms with Crippen molar-refractivity contribution in [3.05, 3.63) is 28.0 Å². The van der Waals surface area contributed by atoms with E-state index in [0.29, 0.717) is 12.5 Å². The lowest BCUT2D eigenvalue weighted by atomic mass is 10.1. The van der Waals surface area contributed by atoms with E-state index in [2.05, 4.69) is 40.8 Å². The Morgan fingerprint density at radius 1 is 1.67 bits per heavy atom. The van der Waals surface area contributed by atoms with Crippen molar-refractivity contribution in [2.24, 2.45) is 5.73 Å². The predicted molar refractivity (Wildman–Crippen MR) is 54.1 cm³/mol. The van der Waals surface area contributed by atoms with Gasteiger partial charge in [-0.1, -0.05) is 6.92 Å². The molecule has 0 bridgehead atoms. The van der Waals surface area contributed by atoms with Crippen molar-refractivity contribution in [2.45, 2.75) is 19.8 Å². The largest absolute Gasteiger partial charge is 0.330 e. The molecule has 1 rings (SSSR count). The number of pyridine rings is 1. The van der Waals surface area contributed by atoms with E-state index in [-0.39, 0.29) is 0 Å². The van der Waals surface area contributed by atoms with Gasteiger partial charge in [0.15, 0.2) is 0 Å². The van der Waals surface area contributed by atoms with Crippen molar-refractivity contribution >= 4 is 15.9 Å². The van der Waals surface area contributed by atoms with E-state index < -0.39 is 0 Å². The second-order valence-electron chi connectivity index (χ2n) is 3.00. The summed E-state index contributed by atoms with van der Waals surface area (Å²) in [4.78, 5) is 4.28. The van der Waals surface area contributed by atoms with Crippen molar-refractivity contribution in [3.63, 3.8) is 0 Å². The molecular formula is C9H13BrN2. The highest BCUT2D eigenvalue weighted by atomic mass is 79.9. The number of nitrogens with zero attached hydrogens (tertiary/aromatic N) is 1. The van der Waals surface area contributed by atoms with Crippen LogP contribution < -0.4 is 5.73 Å². The van der Waals surface area contributed by atoms with Gasteiger partial charge in [0, 0.05) is 28.8 Å². The first kappa shape index (κ1) is 9.68. The van der Waals surface area contributed by atoms with Crippen LogP contribution in [0.4, 0.5) is 0 Å². The Balaban J connectivity index is 2.96. The zero-order valence-corrected chi connectivity index (χ0v) is 8.93. The Kier molecular flexibility index (Phi) is 3.23. The van der Waals surface area contributed by atoms with Gasteiger partial charge in [-0.2, -0.15) is 0 Å². The quantitative estimate of drug-likeness (QED) is 0.844. The molecule has 3 heteroatoms. The van der Waals surface area contributed by atoms with Crippen LogP contribution in [-0.4, -0.2) is 11.5 Å². The summed E-state index contributed by atoms with van der Waals surface area (Å²) in [5.74, 6) is 0.344. The molecule has 0 fully saturated rings. The predicted octanol–water partition coefficient (Wildman–Crippen LogP) is 2.21. The molecule has 1 aromatic heterocycles. The molecule has 0 spiro atoms. The summed E-state index contributed by atoms with van der Waals surface area (Å²) in [6.07, 6.45) is 1.83. The number of aromatic nitrogens is 1. The van der Waals surface area contributed by atoms with Crippen LogP contribution >= 0.6 is 15.9 Å². The average Bonchev–Trinajstić information content (AvgIpc) is 2.08. The first-order chi connectivity index (χ1) is 5.65. The van der Waals surface area contributed by atoms with Crippen molar-refractivity contribution < 1.29 is 0 Å². The van der Waals surface area contributed by atoms with E-state index in [0.717, 1.165) is 10.2 Å². The van der Waals surface area contributed by atoms with E-state index in [1.807, 2.05) is 6.20 Å². The monoisotopic (exact) mass is 228 g/mol. The molecule has 12 heavy (non-hydrogen) atoms. The summed E-state index contributed by atoms with van der Waals surface area (Å²) in [5.41, 5.74) is 7.82. The fourth-order valence-electron chi connectivity index (χ4n) is 0.951. The summed E-state index contributed by atoms with van der Waals surface area (Å²) in [6, 6.07) is 2.07. The Morgan fingerprint density at radius 2 is 2.33 bits per heavy atom. The molecule has 0 radical (unpaired) electrons. The zero-order chi connectivity index (χ0) is 9.14. The van der Waals surface area contributed by atoms with E-state index >= 15 is 0 Å². The Morgan fingerprint density at radius 3 is 2.83 bits per heavy atom. The maximum Gasteiger partial charge on any atom is 0.0447 e. The minimum atomic E-state index is 0.344. The van der Waals surface area contributed by atoms with Gasteiger partial charge >= 0.3 is 0 Å². The molecule has 2 nitrogen and oxygen atoms in total. The molecule has 0 aliphatic carbocycles. The maximum atomic E-state index is 5.54. The number of rotatable bonds is 2. The topological polar surface area (TPSA) is 38.9 Å². The lowest BCUT2D eigenvalue weighted by molar-refractivity contribution is 0.743. The third kappa shape index (κ3) is 2.05. The van der Waals surface area contributed by atoms with Gasteiger partial charge in [0.1, 0.15) is 0 Å². The first-order valence-corrected chi connectivity index (χ1v) is 4.76. The van der Waals surface area contributed by atoms with Gasteiger partial charge in [-0.25, -0.2) is 0 Å². The molecular weight excluding hydrogens is 216 g/mol. The van der Waals surface area contributed by atoms with Crippen LogP contribution in [0.3, 0.4) is 0 Å². The van der Waals surface area contributed by atoms with E-state index in [1.165, 1.54) is 5.56 Å². The van der Waals surface area contributed by atoms with Gasteiger partial charge < -0.3 is 5.73 Å². The van der Waals surface area contributed by atoms with Crippen LogP contribution in [0.25, 0.3) is 0 Å². The van der Waals surface area contributed by atoms with Crippen molar-refractivity contribution in [2.75, 3.05) is 6.54 Å². The Hall–Kier alpha value is -0.410. The van der Waals surface area contributed by atoms with Crippen LogP contribution in [0.15, 0.2) is 16.7 Å². The van der Waals surface area contributed by atoms with Crippen LogP contribution in [-0.2, 0) is 0 Å². The van der Waals surface area contributed by atoms with Gasteiger partial charge in [0.2, 0.25) is 0 Å². The van der Waals surface area contributed by atoms with Gasteiger partial charge in [0.05, 0.1) is 0 Å². The molecule has 1 atom stereocenters. The fraction of sp³-hybridized carbons (Fsp3) is 0.444. The number of hydrogen-bond acceptors (Lipinski definition) is 2. The third-order valence-electron chi connectivity index (χ3n) is 1.93. The van der Waals surface area contributed by atoms with Gasteiger partial charge in [-0.15, -0.1) is 0 Å². The highest BCUT2D eigenvalue weighted by Gasteiger charge is 2.05. The lowest BCUT2D eigenvalue weighted by Gasteiger charge is -2.08. The number of halogens is 1. The number of hydrogen-bond donors (Lipinski definition) is 1. The summed E-state index contributed by atoms with van der Waals surface area (Å²) < 4.78 is 1.05. The smallest absolute Gasteiger partial charge is 0.0447 e. The summed E-state index contributed by atoms with van der Waals surface area (Å²) in [5, 5.41) is 0. The summed E-state index contributed by atoms with van der Waals surface area (Å²) in [7, 11) is 0. The first-order valence-electron chi connectivity index (χ1n) is 3.97. The van der Waals surface area contributed by atoms with E-state index in [1.54, 1.807) is 0 Å². The standard InChI is InChI=1S/C9H13BrN2/c1-6-3-9(7(2)4-11)12-5-8(6)10/h3,5,7H,4,11H2,1-2H3. The molecule has 0 saturated heterocycles. The molecule has 66 valence electrons. The fourth-order valence-corrected chi connectivity index (χ4v) is 1.17. The van der Waals surface area contributed by atoms with Crippen molar-refractivity contribution in [1.82, 2.24) is 4.98 Å². The highest BCUT2D eigenvalue weighted by molar-refractivity contribution is 9.10. The normalized spacial score (nSPS) is 13.0. The molecule has 1 unspecified atom stereocenters. The second kappa shape index (κ2) is 4.01. The molecule has 0 aromatic carbocycles. The number of nitrogens with two attached hydrogens (primary N) is 1. The molecule has 1 aromatic rings. The minimum absolute atomic E-state index is 0.344. The van der Waals surface area contributed by atoms with Crippen LogP contribution in [0.1, 0.15) is 24.1 Å². The van der Waals surface area contributed by atoms with Gasteiger partial charge in [-0.05, 0) is 34.5 Å². The summed E-state index contributed by atoms with van der Waals surface area (Å²) >= 11 is 3.41. The molecule has 0 aliphatic rings. The van der Waals surface area contributed by atoms with Gasteiger partial charge in [-0.3, -0.25) is 4.98 Å². The lowest BCUT2D eigenvalue weighted by Crippen LogP contribution is -2.10. The Bertz CT molecular complexity index is 273. The molecule has 0 aliphatic heterocycles. The van der Waals surface area contributed by atoms with Crippen molar-refractivity contribution in [3.8, 4) is 0 Å². The average molecular weight is 229 g/mol. The molecule has 1 heterocycles. The third-order valence-corrected chi connectivity index (χ3v) is 2.76. The zero-order valence-electron chi connectivity index (χ0n) is 7.34. The molecule has 0 amide bonds. The van der Waals surface area contributed by atoms with Gasteiger partial charge in [0.25, 0.3) is 0 Å².